The number of aromatic nitrogens is 5. The predicted octanol–water partition coefficient (Wildman–Crippen LogP) is 3.84. The highest BCUT2D eigenvalue weighted by atomic mass is 35.5. The third-order valence-corrected chi connectivity index (χ3v) is 7.48. The van der Waals surface area contributed by atoms with Crippen LogP contribution in [0.5, 0.6) is 0 Å². The first-order valence-electron chi connectivity index (χ1n) is 13.7. The van der Waals surface area contributed by atoms with E-state index in [1.54, 1.807) is 21.7 Å². The first kappa shape index (κ1) is 30.9. The van der Waals surface area contributed by atoms with Crippen LogP contribution >= 0.6 is 11.6 Å². The zero-order valence-corrected chi connectivity index (χ0v) is 23.9. The number of carboxylic acid groups (broad SMARTS) is 1. The molecule has 12 nitrogen and oxygen atoms in total. The highest BCUT2D eigenvalue weighted by molar-refractivity contribution is 6.31. The van der Waals surface area contributed by atoms with E-state index >= 15 is 0 Å². The smallest absolute Gasteiger partial charge is 0.475 e. The van der Waals surface area contributed by atoms with Crippen molar-refractivity contribution in [3.63, 3.8) is 0 Å². The molecule has 0 bridgehead atoms. The van der Waals surface area contributed by atoms with E-state index in [0.29, 0.717) is 42.5 Å². The van der Waals surface area contributed by atoms with E-state index < -0.39 is 12.1 Å². The standard InChI is InChI=1S/C26H26ClN7O3.C2HF3O2/c27-19-13-17(16-3-8-28-9-4-16)12-18(14-19)25-32-31-22(37-25)15-23(35)33-10-5-20(6-11-33)34-21-2-1-7-29-24(21)30-26(34)36;3-2(4,5)1(6)7/h1-3,7,12-14,20,28H,4-6,8-11,15H2,(H,29,30,36);(H,6,7). The van der Waals surface area contributed by atoms with Crippen molar-refractivity contribution in [3.8, 4) is 11.5 Å². The number of fused-ring (bicyclic) bond motifs is 1. The second kappa shape index (κ2) is 13.0. The van der Waals surface area contributed by atoms with Gasteiger partial charge in [0.1, 0.15) is 6.42 Å². The van der Waals surface area contributed by atoms with E-state index in [-0.39, 0.29) is 30.0 Å². The minimum Gasteiger partial charge on any atom is -0.475 e. The van der Waals surface area contributed by atoms with Crippen LogP contribution in [0.25, 0.3) is 28.2 Å². The Morgan fingerprint density at radius 2 is 1.86 bits per heavy atom. The van der Waals surface area contributed by atoms with Gasteiger partial charge in [0.15, 0.2) is 5.65 Å². The number of piperidine rings is 1. The number of aliphatic carboxylic acids is 1. The van der Waals surface area contributed by atoms with Gasteiger partial charge in [-0.1, -0.05) is 17.7 Å². The van der Waals surface area contributed by atoms with Crippen molar-refractivity contribution in [2.75, 3.05) is 26.2 Å². The molecule has 2 aliphatic heterocycles. The Labute approximate surface area is 252 Å². The summed E-state index contributed by atoms with van der Waals surface area (Å²) in [5, 5.41) is 19.3. The van der Waals surface area contributed by atoms with Gasteiger partial charge in [0.25, 0.3) is 0 Å². The number of hydrogen-bond donors (Lipinski definition) is 3. The summed E-state index contributed by atoms with van der Waals surface area (Å²) in [6.07, 6.45) is 1.04. The van der Waals surface area contributed by atoms with Crippen LogP contribution in [-0.2, 0) is 16.0 Å². The van der Waals surface area contributed by atoms with E-state index in [1.165, 1.54) is 5.57 Å². The number of aromatic amines is 1. The molecule has 0 radical (unpaired) electrons. The molecule has 1 saturated heterocycles. The minimum atomic E-state index is -5.08. The summed E-state index contributed by atoms with van der Waals surface area (Å²) in [5.41, 5.74) is 4.19. The lowest BCUT2D eigenvalue weighted by Gasteiger charge is -2.32. The van der Waals surface area contributed by atoms with Crippen LogP contribution in [0.2, 0.25) is 5.02 Å². The number of halogens is 4. The molecule has 0 unspecified atom stereocenters. The number of alkyl halides is 3. The number of carbonyl (C=O) groups is 2. The van der Waals surface area contributed by atoms with Crippen LogP contribution in [-0.4, -0.2) is 79.0 Å². The lowest BCUT2D eigenvalue weighted by Crippen LogP contribution is -2.41. The number of likely N-dealkylation sites (tertiary alicyclic amines) is 1. The lowest BCUT2D eigenvalue weighted by atomic mass is 9.98. The van der Waals surface area contributed by atoms with Crippen molar-refractivity contribution in [3.05, 3.63) is 69.6 Å². The Morgan fingerprint density at radius 1 is 1.14 bits per heavy atom. The van der Waals surface area contributed by atoms with Gasteiger partial charge in [-0.25, -0.2) is 14.6 Å². The normalized spacial score (nSPS) is 15.9. The SMILES string of the molecule is O=C(Cc1nnc(-c2cc(Cl)cc(C3=CCNCC3)c2)o1)N1CCC(n2c(=O)[nH]c3ncccc32)CC1.O=C(O)C(F)(F)F. The van der Waals surface area contributed by atoms with Crippen LogP contribution in [0.15, 0.2) is 51.8 Å². The molecule has 5 heterocycles. The summed E-state index contributed by atoms with van der Waals surface area (Å²) < 4.78 is 39.3. The number of H-pyrrole nitrogens is 1. The van der Waals surface area contributed by atoms with Crippen LogP contribution in [0, 0.1) is 0 Å². The van der Waals surface area contributed by atoms with Gasteiger partial charge in [0, 0.05) is 42.5 Å². The van der Waals surface area contributed by atoms with E-state index in [4.69, 9.17) is 25.9 Å². The molecule has 44 heavy (non-hydrogen) atoms. The number of amides is 1. The van der Waals surface area contributed by atoms with E-state index in [1.807, 2.05) is 24.3 Å². The molecule has 0 aliphatic carbocycles. The van der Waals surface area contributed by atoms with Gasteiger partial charge in [-0.15, -0.1) is 10.2 Å². The van der Waals surface area contributed by atoms with E-state index in [0.717, 1.165) is 36.2 Å². The van der Waals surface area contributed by atoms with Crippen LogP contribution < -0.4 is 11.0 Å². The van der Waals surface area contributed by atoms with Crippen molar-refractivity contribution >= 4 is 40.2 Å². The summed E-state index contributed by atoms with van der Waals surface area (Å²) in [4.78, 5) is 43.2. The molecular formula is C28H27ClF3N7O5. The van der Waals surface area contributed by atoms with Gasteiger partial charge < -0.3 is 19.7 Å². The number of carboxylic acids is 1. The van der Waals surface area contributed by atoms with Gasteiger partial charge in [0.05, 0.1) is 5.52 Å². The summed E-state index contributed by atoms with van der Waals surface area (Å²) >= 11 is 6.38. The number of nitrogens with one attached hydrogen (secondary N) is 2. The number of rotatable bonds is 5. The Balaban J connectivity index is 0.000000493. The van der Waals surface area contributed by atoms with Crippen molar-refractivity contribution in [1.82, 2.24) is 34.9 Å². The average molecular weight is 634 g/mol. The molecule has 2 aliphatic rings. The highest BCUT2D eigenvalue weighted by Gasteiger charge is 2.38. The maximum atomic E-state index is 13.0. The molecular weight excluding hydrogens is 607 g/mol. The van der Waals surface area contributed by atoms with Crippen LogP contribution in [0.3, 0.4) is 0 Å². The molecule has 16 heteroatoms. The van der Waals surface area contributed by atoms with Crippen molar-refractivity contribution in [1.29, 1.82) is 0 Å². The fourth-order valence-corrected chi connectivity index (χ4v) is 5.40. The first-order chi connectivity index (χ1) is 21.0. The molecule has 0 atom stereocenters. The summed E-state index contributed by atoms with van der Waals surface area (Å²) in [5.74, 6) is -2.23. The number of imidazole rings is 1. The molecule has 3 N–H and O–H groups in total. The largest absolute Gasteiger partial charge is 0.490 e. The van der Waals surface area contributed by atoms with Crippen molar-refractivity contribution in [2.24, 2.45) is 0 Å². The van der Waals surface area contributed by atoms with E-state index in [2.05, 4.69) is 31.6 Å². The fourth-order valence-electron chi connectivity index (χ4n) is 5.16. The summed E-state index contributed by atoms with van der Waals surface area (Å²) in [6.45, 7) is 2.85. The van der Waals surface area contributed by atoms with Crippen LogP contribution in [0.4, 0.5) is 13.2 Å². The minimum absolute atomic E-state index is 0.0107. The monoisotopic (exact) mass is 633 g/mol. The number of nitrogens with zero attached hydrogens (tertiary/aromatic N) is 5. The van der Waals surface area contributed by atoms with Gasteiger partial charge in [-0.05, 0) is 67.3 Å². The van der Waals surface area contributed by atoms with Gasteiger partial charge in [-0.3, -0.25) is 14.3 Å². The lowest BCUT2D eigenvalue weighted by molar-refractivity contribution is -0.192. The molecule has 1 aromatic carbocycles. The summed E-state index contributed by atoms with van der Waals surface area (Å²) in [6, 6.07) is 9.44. The maximum Gasteiger partial charge on any atom is 0.490 e. The Kier molecular flexibility index (Phi) is 9.15. The third-order valence-electron chi connectivity index (χ3n) is 7.26. The molecule has 1 fully saturated rings. The number of carbonyl (C=O) groups excluding carboxylic acids is 1. The number of benzene rings is 1. The summed E-state index contributed by atoms with van der Waals surface area (Å²) in [7, 11) is 0. The molecule has 6 rings (SSSR count). The second-order valence-electron chi connectivity index (χ2n) is 10.2. The number of hydrogen-bond acceptors (Lipinski definition) is 8. The van der Waals surface area contributed by atoms with Gasteiger partial charge in [-0.2, -0.15) is 13.2 Å². The Morgan fingerprint density at radius 3 is 2.55 bits per heavy atom. The number of pyridine rings is 1. The Hall–Kier alpha value is -4.50. The molecule has 232 valence electrons. The van der Waals surface area contributed by atoms with Gasteiger partial charge in [0.2, 0.25) is 17.7 Å². The molecule has 0 saturated carbocycles. The molecule has 4 aromatic rings. The molecule has 0 spiro atoms. The highest BCUT2D eigenvalue weighted by Crippen LogP contribution is 2.30. The van der Waals surface area contributed by atoms with E-state index in [9.17, 15) is 22.8 Å². The second-order valence-corrected chi connectivity index (χ2v) is 10.6. The van der Waals surface area contributed by atoms with Crippen molar-refractivity contribution < 1.29 is 32.3 Å². The zero-order valence-electron chi connectivity index (χ0n) is 23.1. The average Bonchev–Trinajstić information content (AvgIpc) is 3.60. The quantitative estimate of drug-likeness (QED) is 0.297. The topological polar surface area (TPSA) is 159 Å². The van der Waals surface area contributed by atoms with Gasteiger partial charge >= 0.3 is 17.8 Å². The first-order valence-corrected chi connectivity index (χ1v) is 14.0. The van der Waals surface area contributed by atoms with Crippen molar-refractivity contribution in [2.45, 2.75) is 37.9 Å². The predicted molar refractivity (Wildman–Crippen MR) is 153 cm³/mol. The molecule has 1 amide bonds. The Bertz CT molecular complexity index is 1760. The fraction of sp³-hybridized carbons (Fsp3) is 0.357. The third kappa shape index (κ3) is 7.17. The zero-order chi connectivity index (χ0) is 31.4. The molecule has 3 aromatic heterocycles. The van der Waals surface area contributed by atoms with Crippen LogP contribution in [0.1, 0.15) is 36.8 Å². The maximum absolute atomic E-state index is 13.0.